The number of amides is 1. The lowest BCUT2D eigenvalue weighted by molar-refractivity contribution is -0.145. The standard InChI is InChI=1S/C15H22N2O3S.ClH/c1-20-15(19)14(12-3-2-10-21-12)17-13(18)5-4-11-6-8-16-9-7-11;/h2-3,10-11,14,16H,4-9H2,1H3,(H,17,18);1H. The van der Waals surface area contributed by atoms with Crippen molar-refractivity contribution in [2.24, 2.45) is 5.92 Å². The predicted octanol–water partition coefficient (Wildman–Crippen LogP) is 2.28. The summed E-state index contributed by atoms with van der Waals surface area (Å²) >= 11 is 1.44. The topological polar surface area (TPSA) is 67.4 Å². The zero-order valence-corrected chi connectivity index (χ0v) is 14.3. The molecule has 1 aromatic heterocycles. The Balaban J connectivity index is 0.00000242. The van der Waals surface area contributed by atoms with Gasteiger partial charge in [-0.25, -0.2) is 4.79 Å². The number of halogens is 1. The second-order valence-corrected chi connectivity index (χ2v) is 6.25. The van der Waals surface area contributed by atoms with Gasteiger partial charge < -0.3 is 15.4 Å². The Morgan fingerprint density at radius 2 is 2.18 bits per heavy atom. The highest BCUT2D eigenvalue weighted by atomic mass is 35.5. The highest BCUT2D eigenvalue weighted by Gasteiger charge is 2.24. The molecule has 1 atom stereocenters. The van der Waals surface area contributed by atoms with Crippen molar-refractivity contribution in [3.63, 3.8) is 0 Å². The van der Waals surface area contributed by atoms with Gasteiger partial charge in [0.1, 0.15) is 0 Å². The monoisotopic (exact) mass is 346 g/mol. The van der Waals surface area contributed by atoms with Gasteiger partial charge in [0.15, 0.2) is 6.04 Å². The molecule has 2 rings (SSSR count). The first-order valence-electron chi connectivity index (χ1n) is 7.32. The molecular weight excluding hydrogens is 324 g/mol. The van der Waals surface area contributed by atoms with Crippen molar-refractivity contribution in [3.8, 4) is 0 Å². The van der Waals surface area contributed by atoms with Crippen LogP contribution in [0.25, 0.3) is 0 Å². The molecule has 124 valence electrons. The fourth-order valence-electron chi connectivity index (χ4n) is 2.56. The zero-order valence-electron chi connectivity index (χ0n) is 12.7. The van der Waals surface area contributed by atoms with Gasteiger partial charge in [-0.2, -0.15) is 0 Å². The van der Waals surface area contributed by atoms with E-state index in [1.165, 1.54) is 18.4 Å². The summed E-state index contributed by atoms with van der Waals surface area (Å²) in [6.07, 6.45) is 3.59. The van der Waals surface area contributed by atoms with Crippen LogP contribution in [-0.2, 0) is 14.3 Å². The molecule has 7 heteroatoms. The molecule has 1 saturated heterocycles. The number of carbonyl (C=O) groups excluding carboxylic acids is 2. The maximum atomic E-state index is 12.1. The van der Waals surface area contributed by atoms with E-state index < -0.39 is 12.0 Å². The molecule has 0 aliphatic carbocycles. The van der Waals surface area contributed by atoms with E-state index in [0.717, 1.165) is 37.2 Å². The summed E-state index contributed by atoms with van der Waals surface area (Å²) in [6, 6.07) is 3.01. The average Bonchev–Trinajstić information content (AvgIpc) is 3.05. The molecule has 2 heterocycles. The van der Waals surface area contributed by atoms with Crippen LogP contribution in [0.4, 0.5) is 0 Å². The Hall–Kier alpha value is -1.11. The molecule has 1 aromatic rings. The van der Waals surface area contributed by atoms with Gasteiger partial charge in [0.2, 0.25) is 5.91 Å². The Kier molecular flexibility index (Phi) is 8.45. The summed E-state index contributed by atoms with van der Waals surface area (Å²) < 4.78 is 4.78. The molecule has 1 aliphatic heterocycles. The van der Waals surface area contributed by atoms with Crippen LogP contribution in [-0.4, -0.2) is 32.1 Å². The number of hydrogen-bond acceptors (Lipinski definition) is 5. The fourth-order valence-corrected chi connectivity index (χ4v) is 3.32. The highest BCUT2D eigenvalue weighted by molar-refractivity contribution is 7.10. The van der Waals surface area contributed by atoms with Gasteiger partial charge in [-0.3, -0.25) is 4.79 Å². The minimum atomic E-state index is -0.685. The number of esters is 1. The lowest BCUT2D eigenvalue weighted by Gasteiger charge is -2.22. The van der Waals surface area contributed by atoms with Crippen LogP contribution in [0.3, 0.4) is 0 Å². The summed E-state index contributed by atoms with van der Waals surface area (Å²) in [4.78, 5) is 24.7. The van der Waals surface area contributed by atoms with E-state index in [1.54, 1.807) is 0 Å². The molecule has 2 N–H and O–H groups in total. The third-order valence-corrected chi connectivity index (χ3v) is 4.75. The first-order chi connectivity index (χ1) is 10.2. The van der Waals surface area contributed by atoms with Crippen molar-refractivity contribution in [2.75, 3.05) is 20.2 Å². The second kappa shape index (κ2) is 9.82. The van der Waals surface area contributed by atoms with Crippen LogP contribution >= 0.6 is 23.7 Å². The molecule has 1 fully saturated rings. The summed E-state index contributed by atoms with van der Waals surface area (Å²) in [5, 5.41) is 7.99. The number of hydrogen-bond donors (Lipinski definition) is 2. The molecule has 1 amide bonds. The minimum absolute atomic E-state index is 0. The van der Waals surface area contributed by atoms with Crippen molar-refractivity contribution in [1.29, 1.82) is 0 Å². The van der Waals surface area contributed by atoms with Crippen LogP contribution in [0.2, 0.25) is 0 Å². The third-order valence-electron chi connectivity index (χ3n) is 3.81. The summed E-state index contributed by atoms with van der Waals surface area (Å²) in [7, 11) is 1.34. The molecule has 0 bridgehead atoms. The van der Waals surface area contributed by atoms with Gasteiger partial charge in [-0.15, -0.1) is 23.7 Å². The second-order valence-electron chi connectivity index (χ2n) is 5.27. The Bertz CT molecular complexity index is 461. The molecule has 22 heavy (non-hydrogen) atoms. The van der Waals surface area contributed by atoms with E-state index in [2.05, 4.69) is 10.6 Å². The van der Waals surface area contributed by atoms with Crippen molar-refractivity contribution < 1.29 is 14.3 Å². The first kappa shape index (κ1) is 18.9. The SMILES string of the molecule is COC(=O)C(NC(=O)CCC1CCNCC1)c1cccs1.Cl. The van der Waals surface area contributed by atoms with Crippen molar-refractivity contribution in [3.05, 3.63) is 22.4 Å². The lowest BCUT2D eigenvalue weighted by atomic mass is 9.93. The molecule has 1 unspecified atom stereocenters. The maximum absolute atomic E-state index is 12.1. The van der Waals surface area contributed by atoms with E-state index in [4.69, 9.17) is 4.74 Å². The number of carbonyl (C=O) groups is 2. The van der Waals surface area contributed by atoms with Crippen LogP contribution in [0.1, 0.15) is 36.6 Å². The van der Waals surface area contributed by atoms with Crippen LogP contribution in [0, 0.1) is 5.92 Å². The van der Waals surface area contributed by atoms with Crippen LogP contribution in [0.5, 0.6) is 0 Å². The van der Waals surface area contributed by atoms with Gasteiger partial charge >= 0.3 is 5.97 Å². The van der Waals surface area contributed by atoms with Gasteiger partial charge in [0.05, 0.1) is 7.11 Å². The number of rotatable bonds is 6. The number of piperidine rings is 1. The van der Waals surface area contributed by atoms with Crippen molar-refractivity contribution in [1.82, 2.24) is 10.6 Å². The third kappa shape index (κ3) is 5.59. The first-order valence-corrected chi connectivity index (χ1v) is 8.20. The number of thiophene rings is 1. The van der Waals surface area contributed by atoms with Gasteiger partial charge in [0.25, 0.3) is 0 Å². The van der Waals surface area contributed by atoms with E-state index in [1.807, 2.05) is 17.5 Å². The zero-order chi connectivity index (χ0) is 15.1. The number of ether oxygens (including phenoxy) is 1. The molecule has 0 radical (unpaired) electrons. The van der Waals surface area contributed by atoms with Crippen LogP contribution in [0.15, 0.2) is 17.5 Å². The van der Waals surface area contributed by atoms with E-state index in [0.29, 0.717) is 12.3 Å². The molecule has 5 nitrogen and oxygen atoms in total. The lowest BCUT2D eigenvalue weighted by Crippen LogP contribution is -2.34. The van der Waals surface area contributed by atoms with E-state index in [9.17, 15) is 9.59 Å². The van der Waals surface area contributed by atoms with Gasteiger partial charge in [-0.05, 0) is 49.7 Å². The smallest absolute Gasteiger partial charge is 0.333 e. The Morgan fingerprint density at radius 3 is 2.77 bits per heavy atom. The largest absolute Gasteiger partial charge is 0.467 e. The molecule has 0 spiro atoms. The van der Waals surface area contributed by atoms with Crippen molar-refractivity contribution in [2.45, 2.75) is 31.7 Å². The normalized spacial score (nSPS) is 16.4. The predicted molar refractivity (Wildman–Crippen MR) is 89.3 cm³/mol. The summed E-state index contributed by atoms with van der Waals surface area (Å²) in [6.45, 7) is 2.07. The average molecular weight is 347 g/mol. The number of methoxy groups -OCH3 is 1. The van der Waals surface area contributed by atoms with Crippen LogP contribution < -0.4 is 10.6 Å². The van der Waals surface area contributed by atoms with E-state index in [-0.39, 0.29) is 18.3 Å². The highest BCUT2D eigenvalue weighted by Crippen LogP contribution is 2.21. The fraction of sp³-hybridized carbons (Fsp3) is 0.600. The van der Waals surface area contributed by atoms with Gasteiger partial charge in [-0.1, -0.05) is 6.07 Å². The molecule has 0 aromatic carbocycles. The molecular formula is C15H23ClN2O3S. The summed E-state index contributed by atoms with van der Waals surface area (Å²) in [5.41, 5.74) is 0. The Morgan fingerprint density at radius 1 is 1.45 bits per heavy atom. The molecule has 1 aliphatic rings. The van der Waals surface area contributed by atoms with Crippen molar-refractivity contribution >= 4 is 35.6 Å². The molecule has 0 saturated carbocycles. The van der Waals surface area contributed by atoms with Gasteiger partial charge in [0, 0.05) is 11.3 Å². The van der Waals surface area contributed by atoms with E-state index >= 15 is 0 Å². The Labute approximate surface area is 141 Å². The number of nitrogens with one attached hydrogen (secondary N) is 2. The summed E-state index contributed by atoms with van der Waals surface area (Å²) in [5.74, 6) is 0.0975. The minimum Gasteiger partial charge on any atom is -0.467 e. The quantitative estimate of drug-likeness (QED) is 0.775. The maximum Gasteiger partial charge on any atom is 0.333 e.